The van der Waals surface area contributed by atoms with Crippen LogP contribution >= 0.6 is 11.8 Å². The molecule has 176 valence electrons. The second-order valence-corrected chi connectivity index (χ2v) is 8.96. The number of benzene rings is 4. The van der Waals surface area contributed by atoms with E-state index in [1.165, 1.54) is 36.0 Å². The van der Waals surface area contributed by atoms with E-state index < -0.39 is 0 Å². The van der Waals surface area contributed by atoms with E-state index in [1.54, 1.807) is 12.1 Å². The normalized spacial score (nSPS) is 10.7. The van der Waals surface area contributed by atoms with Gasteiger partial charge in [-0.3, -0.25) is 9.59 Å². The second kappa shape index (κ2) is 12.0. The van der Waals surface area contributed by atoms with Gasteiger partial charge in [0.15, 0.2) is 0 Å². The number of carbonyl (C=O) groups is 2. The Kier molecular flexibility index (Phi) is 8.30. The van der Waals surface area contributed by atoms with E-state index in [-0.39, 0.29) is 29.4 Å². The Bertz CT molecular complexity index is 1210. The highest BCUT2D eigenvalue weighted by Gasteiger charge is 2.17. The number of carbonyl (C=O) groups excluding carboxylic acids is 2. The van der Waals surface area contributed by atoms with Crippen molar-refractivity contribution >= 4 is 29.3 Å². The Labute approximate surface area is 208 Å². The molecule has 0 fully saturated rings. The van der Waals surface area contributed by atoms with Crippen molar-refractivity contribution in [2.24, 2.45) is 0 Å². The highest BCUT2D eigenvalue weighted by atomic mass is 32.2. The highest BCUT2D eigenvalue weighted by Crippen LogP contribution is 2.23. The predicted octanol–water partition coefficient (Wildman–Crippen LogP) is 6.22. The first-order chi connectivity index (χ1) is 17.1. The van der Waals surface area contributed by atoms with Crippen LogP contribution in [0.5, 0.6) is 0 Å². The van der Waals surface area contributed by atoms with Crippen molar-refractivity contribution in [1.82, 2.24) is 5.32 Å². The summed E-state index contributed by atoms with van der Waals surface area (Å²) in [5.41, 5.74) is 4.18. The van der Waals surface area contributed by atoms with Crippen molar-refractivity contribution in [1.29, 1.82) is 0 Å². The lowest BCUT2D eigenvalue weighted by Crippen LogP contribution is -2.29. The van der Waals surface area contributed by atoms with E-state index in [1.807, 2.05) is 72.8 Å². The predicted molar refractivity (Wildman–Crippen MR) is 140 cm³/mol. The maximum Gasteiger partial charge on any atom is 0.252 e. The molecule has 0 atom stereocenters. The molecule has 0 heterocycles. The summed E-state index contributed by atoms with van der Waals surface area (Å²) < 4.78 is 13.0. The van der Waals surface area contributed by atoms with E-state index in [2.05, 4.69) is 10.6 Å². The van der Waals surface area contributed by atoms with Gasteiger partial charge < -0.3 is 10.6 Å². The molecule has 0 bridgehead atoms. The molecule has 4 aromatic carbocycles. The van der Waals surface area contributed by atoms with Gasteiger partial charge in [0.2, 0.25) is 5.91 Å². The van der Waals surface area contributed by atoms with Crippen LogP contribution in [-0.4, -0.2) is 17.6 Å². The first-order valence-electron chi connectivity index (χ1n) is 11.2. The van der Waals surface area contributed by atoms with Crippen LogP contribution in [0.4, 0.5) is 10.1 Å². The maximum atomic E-state index is 13.0. The lowest BCUT2D eigenvalue weighted by molar-refractivity contribution is -0.113. The third-order valence-corrected chi connectivity index (χ3v) is 6.39. The number of hydrogen-bond donors (Lipinski definition) is 2. The molecular formula is C29H25FN2O2S. The number of thioether (sulfide) groups is 1. The zero-order valence-electron chi connectivity index (χ0n) is 19.0. The number of rotatable bonds is 9. The Hall–Kier alpha value is -3.90. The maximum absolute atomic E-state index is 13.0. The summed E-state index contributed by atoms with van der Waals surface area (Å²) in [6.45, 7) is 0. The van der Waals surface area contributed by atoms with Crippen LogP contribution in [0.25, 0.3) is 0 Å². The minimum Gasteiger partial charge on any atom is -0.341 e. The summed E-state index contributed by atoms with van der Waals surface area (Å²) in [6, 6.07) is 32.6. The minimum atomic E-state index is -0.342. The van der Waals surface area contributed by atoms with Crippen molar-refractivity contribution in [3.8, 4) is 0 Å². The van der Waals surface area contributed by atoms with Crippen molar-refractivity contribution in [3.05, 3.63) is 137 Å². The number of hydrogen-bond acceptors (Lipinski definition) is 3. The van der Waals surface area contributed by atoms with Gasteiger partial charge in [0.25, 0.3) is 5.91 Å². The molecule has 0 saturated heterocycles. The van der Waals surface area contributed by atoms with Gasteiger partial charge in [0.05, 0.1) is 11.8 Å². The fourth-order valence-electron chi connectivity index (χ4n) is 3.61. The molecule has 0 aliphatic rings. The molecule has 0 aliphatic heterocycles. The molecule has 0 aromatic heterocycles. The van der Waals surface area contributed by atoms with Gasteiger partial charge in [-0.25, -0.2) is 4.39 Å². The summed E-state index contributed by atoms with van der Waals surface area (Å²) in [5.74, 6) is 0.265. The van der Waals surface area contributed by atoms with Gasteiger partial charge in [-0.05, 0) is 53.1 Å². The van der Waals surface area contributed by atoms with Crippen LogP contribution in [0.2, 0.25) is 0 Å². The number of halogens is 1. The monoisotopic (exact) mass is 484 g/mol. The smallest absolute Gasteiger partial charge is 0.252 e. The Morgan fingerprint density at radius 1 is 0.743 bits per heavy atom. The number of nitrogens with one attached hydrogen (secondary N) is 2. The van der Waals surface area contributed by atoms with Crippen LogP contribution in [0.3, 0.4) is 0 Å². The summed E-state index contributed by atoms with van der Waals surface area (Å²) in [7, 11) is 0. The molecule has 4 rings (SSSR count). The van der Waals surface area contributed by atoms with Gasteiger partial charge >= 0.3 is 0 Å². The summed E-state index contributed by atoms with van der Waals surface area (Å²) in [6.07, 6.45) is 0. The topological polar surface area (TPSA) is 58.2 Å². The largest absolute Gasteiger partial charge is 0.341 e. The zero-order valence-corrected chi connectivity index (χ0v) is 19.8. The Morgan fingerprint density at radius 3 is 1.89 bits per heavy atom. The van der Waals surface area contributed by atoms with Crippen LogP contribution < -0.4 is 10.6 Å². The third kappa shape index (κ3) is 7.04. The van der Waals surface area contributed by atoms with E-state index in [4.69, 9.17) is 0 Å². The van der Waals surface area contributed by atoms with Crippen molar-refractivity contribution in [3.63, 3.8) is 0 Å². The molecule has 0 saturated carbocycles. The molecule has 35 heavy (non-hydrogen) atoms. The number of anilines is 1. The SMILES string of the molecule is O=C(CSCc1ccc(C(=O)NC(c2ccccc2)c2ccccc2)cc1)Nc1ccc(F)cc1. The minimum absolute atomic E-state index is 0.148. The van der Waals surface area contributed by atoms with E-state index in [9.17, 15) is 14.0 Å². The van der Waals surface area contributed by atoms with Crippen LogP contribution in [0, 0.1) is 5.82 Å². The van der Waals surface area contributed by atoms with Crippen molar-refractivity contribution in [2.75, 3.05) is 11.1 Å². The van der Waals surface area contributed by atoms with Gasteiger partial charge in [0.1, 0.15) is 5.82 Å². The average Bonchev–Trinajstić information content (AvgIpc) is 2.90. The van der Waals surface area contributed by atoms with Gasteiger partial charge in [-0.2, -0.15) is 0 Å². The first-order valence-corrected chi connectivity index (χ1v) is 12.4. The highest BCUT2D eigenvalue weighted by molar-refractivity contribution is 7.99. The molecule has 2 amide bonds. The molecule has 0 radical (unpaired) electrons. The quantitative estimate of drug-likeness (QED) is 0.297. The fraction of sp³-hybridized carbons (Fsp3) is 0.103. The van der Waals surface area contributed by atoms with E-state index in [0.717, 1.165) is 16.7 Å². The fourth-order valence-corrected chi connectivity index (χ4v) is 4.40. The van der Waals surface area contributed by atoms with Crippen molar-refractivity contribution < 1.29 is 14.0 Å². The molecule has 0 unspecified atom stereocenters. The molecule has 2 N–H and O–H groups in total. The molecule has 0 spiro atoms. The lowest BCUT2D eigenvalue weighted by atomic mass is 9.98. The molecule has 4 aromatic rings. The zero-order chi connectivity index (χ0) is 24.5. The molecule has 4 nitrogen and oxygen atoms in total. The first kappa shape index (κ1) is 24.2. The molecule has 6 heteroatoms. The summed E-state index contributed by atoms with van der Waals surface area (Å²) in [5, 5.41) is 5.89. The second-order valence-electron chi connectivity index (χ2n) is 7.97. The van der Waals surface area contributed by atoms with Crippen LogP contribution in [0.15, 0.2) is 109 Å². The Balaban J connectivity index is 1.32. The molecular weight excluding hydrogens is 459 g/mol. The van der Waals surface area contributed by atoms with E-state index in [0.29, 0.717) is 17.0 Å². The van der Waals surface area contributed by atoms with Gasteiger partial charge in [-0.15, -0.1) is 11.8 Å². The van der Waals surface area contributed by atoms with Crippen LogP contribution in [-0.2, 0) is 10.5 Å². The molecule has 0 aliphatic carbocycles. The van der Waals surface area contributed by atoms with Crippen molar-refractivity contribution in [2.45, 2.75) is 11.8 Å². The van der Waals surface area contributed by atoms with Crippen LogP contribution in [0.1, 0.15) is 33.1 Å². The lowest BCUT2D eigenvalue weighted by Gasteiger charge is -2.20. The summed E-state index contributed by atoms with van der Waals surface area (Å²) >= 11 is 1.47. The van der Waals surface area contributed by atoms with Gasteiger partial charge in [-0.1, -0.05) is 72.8 Å². The third-order valence-electron chi connectivity index (χ3n) is 5.39. The van der Waals surface area contributed by atoms with E-state index >= 15 is 0 Å². The standard InChI is InChI=1S/C29H25FN2O2S/c30-25-15-17-26(18-16-25)31-27(33)20-35-19-21-11-13-24(14-12-21)29(34)32-28(22-7-3-1-4-8-22)23-9-5-2-6-10-23/h1-18,28H,19-20H2,(H,31,33)(H,32,34). The average molecular weight is 485 g/mol. The van der Waals surface area contributed by atoms with Gasteiger partial charge in [0, 0.05) is 17.0 Å². The summed E-state index contributed by atoms with van der Waals surface area (Å²) in [4.78, 5) is 25.1. The number of amides is 2. The Morgan fingerprint density at radius 2 is 1.31 bits per heavy atom.